The SMILES string of the molecule is CCN(CCC(=O)c1ccc(Br)cc1Cl)C(C)COC. The number of ether oxygens (including phenoxy) is 1. The van der Waals surface area contributed by atoms with Gasteiger partial charge in [-0.15, -0.1) is 0 Å². The minimum absolute atomic E-state index is 0.0746. The minimum atomic E-state index is 0.0746. The van der Waals surface area contributed by atoms with Crippen molar-refractivity contribution >= 4 is 33.3 Å². The van der Waals surface area contributed by atoms with Gasteiger partial charge in [0.2, 0.25) is 0 Å². The van der Waals surface area contributed by atoms with E-state index in [2.05, 4.69) is 34.7 Å². The van der Waals surface area contributed by atoms with Crippen LogP contribution in [0, 0.1) is 0 Å². The average molecular weight is 363 g/mol. The maximum absolute atomic E-state index is 12.2. The van der Waals surface area contributed by atoms with Crippen LogP contribution in [-0.4, -0.2) is 43.5 Å². The Morgan fingerprint density at radius 1 is 1.50 bits per heavy atom. The molecule has 0 saturated heterocycles. The third-order valence-corrected chi connectivity index (χ3v) is 4.10. The van der Waals surface area contributed by atoms with Crippen molar-refractivity contribution in [1.29, 1.82) is 0 Å². The van der Waals surface area contributed by atoms with Crippen molar-refractivity contribution in [2.24, 2.45) is 0 Å². The molecule has 0 aromatic heterocycles. The molecule has 0 radical (unpaired) electrons. The minimum Gasteiger partial charge on any atom is -0.383 e. The largest absolute Gasteiger partial charge is 0.383 e. The zero-order chi connectivity index (χ0) is 15.1. The van der Waals surface area contributed by atoms with E-state index in [1.54, 1.807) is 19.2 Å². The van der Waals surface area contributed by atoms with Gasteiger partial charge in [0.15, 0.2) is 5.78 Å². The normalized spacial score (nSPS) is 12.7. The summed E-state index contributed by atoms with van der Waals surface area (Å²) in [7, 11) is 1.69. The molecular weight excluding hydrogens is 342 g/mol. The molecular formula is C15H21BrClNO2. The van der Waals surface area contributed by atoms with Gasteiger partial charge in [0.05, 0.1) is 11.6 Å². The van der Waals surface area contributed by atoms with Gasteiger partial charge in [0.25, 0.3) is 0 Å². The second-order valence-electron chi connectivity index (χ2n) is 4.73. The highest BCUT2D eigenvalue weighted by molar-refractivity contribution is 9.10. The molecule has 0 aliphatic rings. The molecule has 1 unspecified atom stereocenters. The Morgan fingerprint density at radius 2 is 2.20 bits per heavy atom. The van der Waals surface area contributed by atoms with E-state index in [1.807, 2.05) is 6.07 Å². The lowest BCUT2D eigenvalue weighted by atomic mass is 10.1. The van der Waals surface area contributed by atoms with E-state index in [0.29, 0.717) is 36.2 Å². The number of nitrogens with zero attached hydrogens (tertiary/aromatic N) is 1. The molecule has 20 heavy (non-hydrogen) atoms. The van der Waals surface area contributed by atoms with E-state index >= 15 is 0 Å². The first-order chi connectivity index (χ1) is 9.49. The fourth-order valence-corrected chi connectivity index (χ4v) is 2.91. The number of carbonyl (C=O) groups is 1. The predicted octanol–water partition coefficient (Wildman–Crippen LogP) is 4.03. The molecule has 0 heterocycles. The van der Waals surface area contributed by atoms with Crippen molar-refractivity contribution in [3.05, 3.63) is 33.3 Å². The van der Waals surface area contributed by atoms with Crippen LogP contribution < -0.4 is 0 Å². The molecule has 0 amide bonds. The van der Waals surface area contributed by atoms with Gasteiger partial charge < -0.3 is 4.74 Å². The van der Waals surface area contributed by atoms with E-state index in [-0.39, 0.29) is 5.78 Å². The second kappa shape index (κ2) is 8.78. The molecule has 1 aromatic rings. The number of benzene rings is 1. The van der Waals surface area contributed by atoms with Gasteiger partial charge in [-0.1, -0.05) is 34.5 Å². The van der Waals surface area contributed by atoms with E-state index < -0.39 is 0 Å². The van der Waals surface area contributed by atoms with Crippen LogP contribution in [0.5, 0.6) is 0 Å². The lowest BCUT2D eigenvalue weighted by Crippen LogP contribution is -2.37. The fraction of sp³-hybridized carbons (Fsp3) is 0.533. The molecule has 5 heteroatoms. The Balaban J connectivity index is 2.61. The molecule has 1 aromatic carbocycles. The number of methoxy groups -OCH3 is 1. The summed E-state index contributed by atoms with van der Waals surface area (Å²) in [4.78, 5) is 14.5. The lowest BCUT2D eigenvalue weighted by Gasteiger charge is -2.26. The van der Waals surface area contributed by atoms with Gasteiger partial charge in [0, 0.05) is 36.2 Å². The van der Waals surface area contributed by atoms with Crippen LogP contribution in [0.2, 0.25) is 5.02 Å². The number of carbonyl (C=O) groups excluding carboxylic acids is 1. The first kappa shape index (κ1) is 17.6. The summed E-state index contributed by atoms with van der Waals surface area (Å²) in [5, 5.41) is 0.498. The van der Waals surface area contributed by atoms with Crippen LogP contribution in [0.4, 0.5) is 0 Å². The molecule has 0 N–H and O–H groups in total. The van der Waals surface area contributed by atoms with Crippen LogP contribution in [0.1, 0.15) is 30.6 Å². The Bertz CT molecular complexity index is 453. The smallest absolute Gasteiger partial charge is 0.165 e. The predicted molar refractivity (Wildman–Crippen MR) is 86.7 cm³/mol. The summed E-state index contributed by atoms with van der Waals surface area (Å²) in [5.41, 5.74) is 0.588. The van der Waals surface area contributed by atoms with Crippen molar-refractivity contribution < 1.29 is 9.53 Å². The summed E-state index contributed by atoms with van der Waals surface area (Å²) in [6.07, 6.45) is 0.462. The Hall–Kier alpha value is -0.420. The zero-order valence-corrected chi connectivity index (χ0v) is 14.5. The second-order valence-corrected chi connectivity index (χ2v) is 6.05. The topological polar surface area (TPSA) is 29.5 Å². The number of Topliss-reactive ketones (excluding diaryl/α,β-unsaturated/α-hetero) is 1. The van der Waals surface area contributed by atoms with Gasteiger partial charge >= 0.3 is 0 Å². The molecule has 3 nitrogen and oxygen atoms in total. The quantitative estimate of drug-likeness (QED) is 0.654. The van der Waals surface area contributed by atoms with Crippen LogP contribution >= 0.6 is 27.5 Å². The van der Waals surface area contributed by atoms with Crippen molar-refractivity contribution in [2.45, 2.75) is 26.3 Å². The van der Waals surface area contributed by atoms with Crippen molar-refractivity contribution in [3.63, 3.8) is 0 Å². The molecule has 0 fully saturated rings. The summed E-state index contributed by atoms with van der Waals surface area (Å²) in [6, 6.07) is 5.66. The number of ketones is 1. The summed E-state index contributed by atoms with van der Waals surface area (Å²) < 4.78 is 6.03. The molecule has 1 atom stereocenters. The van der Waals surface area contributed by atoms with Crippen molar-refractivity contribution in [1.82, 2.24) is 4.90 Å². The highest BCUT2D eigenvalue weighted by Crippen LogP contribution is 2.22. The Kier molecular flexibility index (Phi) is 7.74. The number of halogens is 2. The molecule has 0 spiro atoms. The molecule has 1 rings (SSSR count). The van der Waals surface area contributed by atoms with Gasteiger partial charge in [-0.2, -0.15) is 0 Å². The lowest BCUT2D eigenvalue weighted by molar-refractivity contribution is 0.0873. The van der Waals surface area contributed by atoms with E-state index in [4.69, 9.17) is 16.3 Å². The highest BCUT2D eigenvalue weighted by Gasteiger charge is 2.15. The van der Waals surface area contributed by atoms with Gasteiger partial charge in [-0.3, -0.25) is 9.69 Å². The average Bonchev–Trinajstić information content (AvgIpc) is 2.39. The third kappa shape index (κ3) is 5.17. The first-order valence-corrected chi connectivity index (χ1v) is 7.87. The monoisotopic (exact) mass is 361 g/mol. The van der Waals surface area contributed by atoms with Crippen molar-refractivity contribution in [2.75, 3.05) is 26.8 Å². The number of likely N-dealkylation sites (N-methyl/N-ethyl adjacent to an activating group) is 1. The van der Waals surface area contributed by atoms with Crippen LogP contribution in [0.15, 0.2) is 22.7 Å². The summed E-state index contributed by atoms with van der Waals surface area (Å²) >= 11 is 9.44. The summed E-state index contributed by atoms with van der Waals surface area (Å²) in [6.45, 7) is 6.46. The van der Waals surface area contributed by atoms with Gasteiger partial charge in [-0.05, 0) is 31.7 Å². The number of hydrogen-bond acceptors (Lipinski definition) is 3. The van der Waals surface area contributed by atoms with E-state index in [1.165, 1.54) is 0 Å². The zero-order valence-electron chi connectivity index (χ0n) is 12.2. The molecule has 0 aliphatic heterocycles. The van der Waals surface area contributed by atoms with E-state index in [9.17, 15) is 4.79 Å². The standard InChI is InChI=1S/C15H21BrClNO2/c1-4-18(11(2)10-20-3)8-7-15(19)13-6-5-12(16)9-14(13)17/h5-6,9,11H,4,7-8,10H2,1-3H3. The fourth-order valence-electron chi connectivity index (χ4n) is 2.13. The first-order valence-electron chi connectivity index (χ1n) is 6.70. The third-order valence-electron chi connectivity index (χ3n) is 3.30. The van der Waals surface area contributed by atoms with Crippen LogP contribution in [0.25, 0.3) is 0 Å². The maximum Gasteiger partial charge on any atom is 0.165 e. The Morgan fingerprint density at radius 3 is 2.75 bits per heavy atom. The van der Waals surface area contributed by atoms with Gasteiger partial charge in [-0.25, -0.2) is 0 Å². The molecule has 0 bridgehead atoms. The van der Waals surface area contributed by atoms with Crippen molar-refractivity contribution in [3.8, 4) is 0 Å². The molecule has 112 valence electrons. The number of rotatable bonds is 8. The molecule has 0 aliphatic carbocycles. The van der Waals surface area contributed by atoms with E-state index in [0.717, 1.165) is 11.0 Å². The van der Waals surface area contributed by atoms with Crippen LogP contribution in [0.3, 0.4) is 0 Å². The summed E-state index contributed by atoms with van der Waals surface area (Å²) in [5.74, 6) is 0.0746. The molecule has 0 saturated carbocycles. The Labute approximate surface area is 134 Å². The number of hydrogen-bond donors (Lipinski definition) is 0. The van der Waals surface area contributed by atoms with Gasteiger partial charge in [0.1, 0.15) is 0 Å². The highest BCUT2D eigenvalue weighted by atomic mass is 79.9. The maximum atomic E-state index is 12.2. The van der Waals surface area contributed by atoms with Crippen LogP contribution in [-0.2, 0) is 4.74 Å².